The van der Waals surface area contributed by atoms with Gasteiger partial charge in [-0.1, -0.05) is 30.3 Å². The Balaban J connectivity index is 1.67. The molecule has 1 amide bonds. The van der Waals surface area contributed by atoms with Crippen LogP contribution in [0, 0.1) is 5.82 Å². The largest absolute Gasteiger partial charge is 0.481 e. The first-order valence-corrected chi connectivity index (χ1v) is 7.41. The molecule has 0 saturated carbocycles. The lowest BCUT2D eigenvalue weighted by Gasteiger charge is -2.31. The number of nitrogens with zero attached hydrogens (tertiary/aromatic N) is 1. The fraction of sp³-hybridized carbons (Fsp3) is 0.278. The smallest absolute Gasteiger partial charge is 0.263 e. The summed E-state index contributed by atoms with van der Waals surface area (Å²) in [6.45, 7) is 2.99. The molecule has 2 aromatic carbocycles. The summed E-state index contributed by atoms with van der Waals surface area (Å²) in [7, 11) is 0. The van der Waals surface area contributed by atoms with E-state index in [1.807, 2.05) is 18.2 Å². The number of rotatable bonds is 3. The van der Waals surface area contributed by atoms with Crippen LogP contribution in [0.15, 0.2) is 48.5 Å². The lowest BCUT2D eigenvalue weighted by atomic mass is 9.99. The number of fused-ring (bicyclic) bond motifs is 1. The van der Waals surface area contributed by atoms with E-state index in [4.69, 9.17) is 4.74 Å². The molecule has 114 valence electrons. The molecule has 0 aliphatic carbocycles. The maximum absolute atomic E-state index is 13.2. The van der Waals surface area contributed by atoms with Gasteiger partial charge >= 0.3 is 0 Å². The van der Waals surface area contributed by atoms with Crippen molar-refractivity contribution in [2.45, 2.75) is 26.0 Å². The van der Waals surface area contributed by atoms with Gasteiger partial charge in [0, 0.05) is 19.2 Å². The van der Waals surface area contributed by atoms with Crippen molar-refractivity contribution in [2.75, 3.05) is 6.54 Å². The lowest BCUT2D eigenvalue weighted by molar-refractivity contribution is -0.138. The summed E-state index contributed by atoms with van der Waals surface area (Å²) in [4.78, 5) is 14.3. The fourth-order valence-corrected chi connectivity index (χ4v) is 2.74. The number of carbonyl (C=O) groups excluding carboxylic acids is 1. The van der Waals surface area contributed by atoms with E-state index in [9.17, 15) is 9.18 Å². The van der Waals surface area contributed by atoms with Gasteiger partial charge in [-0.05, 0) is 36.6 Å². The highest BCUT2D eigenvalue weighted by Crippen LogP contribution is 2.20. The Bertz CT molecular complexity index is 686. The number of ether oxygens (including phenoxy) is 1. The molecule has 4 heteroatoms. The van der Waals surface area contributed by atoms with Crippen LogP contribution in [0.25, 0.3) is 0 Å². The molecule has 0 N–H and O–H groups in total. The van der Waals surface area contributed by atoms with E-state index >= 15 is 0 Å². The number of amides is 1. The van der Waals surface area contributed by atoms with Gasteiger partial charge in [-0.25, -0.2) is 4.39 Å². The second-order valence-electron chi connectivity index (χ2n) is 5.50. The zero-order valence-electron chi connectivity index (χ0n) is 12.5. The van der Waals surface area contributed by atoms with Crippen molar-refractivity contribution in [3.63, 3.8) is 0 Å². The molecule has 22 heavy (non-hydrogen) atoms. The molecule has 3 rings (SSSR count). The summed E-state index contributed by atoms with van der Waals surface area (Å²) >= 11 is 0. The molecular weight excluding hydrogens is 281 g/mol. The second kappa shape index (κ2) is 6.18. The average Bonchev–Trinajstić information content (AvgIpc) is 2.53. The van der Waals surface area contributed by atoms with Crippen molar-refractivity contribution in [3.05, 3.63) is 65.5 Å². The highest BCUT2D eigenvalue weighted by Gasteiger charge is 2.25. The zero-order valence-corrected chi connectivity index (χ0v) is 12.5. The Morgan fingerprint density at radius 1 is 1.18 bits per heavy atom. The van der Waals surface area contributed by atoms with Gasteiger partial charge in [0.05, 0.1) is 0 Å². The third-order valence-corrected chi connectivity index (χ3v) is 3.90. The molecule has 1 unspecified atom stereocenters. The normalized spacial score (nSPS) is 15.1. The predicted molar refractivity (Wildman–Crippen MR) is 82.1 cm³/mol. The summed E-state index contributed by atoms with van der Waals surface area (Å²) in [5.74, 6) is -0.0685. The maximum atomic E-state index is 13.2. The van der Waals surface area contributed by atoms with E-state index in [2.05, 4.69) is 6.07 Å². The van der Waals surface area contributed by atoms with Crippen molar-refractivity contribution >= 4 is 5.91 Å². The van der Waals surface area contributed by atoms with Gasteiger partial charge in [-0.15, -0.1) is 0 Å². The van der Waals surface area contributed by atoms with Crippen molar-refractivity contribution in [1.82, 2.24) is 4.90 Å². The summed E-state index contributed by atoms with van der Waals surface area (Å²) in [6.07, 6.45) is 0.223. The fourth-order valence-electron chi connectivity index (χ4n) is 2.74. The summed E-state index contributed by atoms with van der Waals surface area (Å²) in [5.41, 5.74) is 2.48. The van der Waals surface area contributed by atoms with Gasteiger partial charge in [0.1, 0.15) is 11.6 Å². The molecule has 0 fully saturated rings. The molecule has 0 spiro atoms. The van der Waals surface area contributed by atoms with Crippen LogP contribution in [0.5, 0.6) is 5.75 Å². The van der Waals surface area contributed by atoms with Crippen LogP contribution >= 0.6 is 0 Å². The molecule has 0 radical (unpaired) electrons. The van der Waals surface area contributed by atoms with E-state index in [1.165, 1.54) is 23.3 Å². The minimum atomic E-state index is -0.632. The first kappa shape index (κ1) is 14.6. The first-order valence-electron chi connectivity index (χ1n) is 7.41. The number of halogens is 1. The number of benzene rings is 2. The quantitative estimate of drug-likeness (QED) is 0.871. The van der Waals surface area contributed by atoms with Crippen molar-refractivity contribution in [2.24, 2.45) is 0 Å². The van der Waals surface area contributed by atoms with Crippen molar-refractivity contribution in [1.29, 1.82) is 0 Å². The van der Waals surface area contributed by atoms with Crippen LogP contribution in [0.1, 0.15) is 18.1 Å². The highest BCUT2D eigenvalue weighted by atomic mass is 19.1. The SMILES string of the molecule is CC(Oc1cccc(F)c1)C(=O)N1CCc2ccccc2C1. The van der Waals surface area contributed by atoms with Crippen LogP contribution in [-0.4, -0.2) is 23.5 Å². The van der Waals surface area contributed by atoms with E-state index in [0.29, 0.717) is 18.8 Å². The molecule has 1 atom stereocenters. The van der Waals surface area contributed by atoms with Crippen LogP contribution in [0.3, 0.4) is 0 Å². The standard InChI is InChI=1S/C18H18FNO2/c1-13(22-17-8-4-7-16(19)11-17)18(21)20-10-9-14-5-2-3-6-15(14)12-20/h2-8,11,13H,9-10,12H2,1H3. The molecule has 0 aromatic heterocycles. The minimum absolute atomic E-state index is 0.0706. The Morgan fingerprint density at radius 3 is 2.73 bits per heavy atom. The van der Waals surface area contributed by atoms with Crippen LogP contribution in [0.2, 0.25) is 0 Å². The molecule has 3 nitrogen and oxygen atoms in total. The van der Waals surface area contributed by atoms with E-state index in [0.717, 1.165) is 6.42 Å². The van der Waals surface area contributed by atoms with Gasteiger partial charge in [-0.3, -0.25) is 4.79 Å². The van der Waals surface area contributed by atoms with E-state index in [-0.39, 0.29) is 11.7 Å². The minimum Gasteiger partial charge on any atom is -0.481 e. The van der Waals surface area contributed by atoms with Crippen LogP contribution < -0.4 is 4.74 Å². The third-order valence-electron chi connectivity index (χ3n) is 3.90. The Kier molecular flexibility index (Phi) is 4.09. The Morgan fingerprint density at radius 2 is 1.95 bits per heavy atom. The summed E-state index contributed by atoms with van der Waals surface area (Å²) < 4.78 is 18.7. The number of carbonyl (C=O) groups is 1. The Hall–Kier alpha value is -2.36. The third kappa shape index (κ3) is 3.11. The van der Waals surface area contributed by atoms with E-state index < -0.39 is 6.10 Å². The first-order chi connectivity index (χ1) is 10.6. The lowest BCUT2D eigenvalue weighted by Crippen LogP contribution is -2.43. The van der Waals surface area contributed by atoms with Crippen LogP contribution in [0.4, 0.5) is 4.39 Å². The van der Waals surface area contributed by atoms with Gasteiger partial charge in [-0.2, -0.15) is 0 Å². The maximum Gasteiger partial charge on any atom is 0.263 e. The number of hydrogen-bond donors (Lipinski definition) is 0. The van der Waals surface area contributed by atoms with Crippen LogP contribution in [-0.2, 0) is 17.8 Å². The molecule has 0 saturated heterocycles. The predicted octanol–water partition coefficient (Wildman–Crippen LogP) is 3.18. The van der Waals surface area contributed by atoms with Crippen molar-refractivity contribution < 1.29 is 13.9 Å². The highest BCUT2D eigenvalue weighted by molar-refractivity contribution is 5.81. The average molecular weight is 299 g/mol. The molecule has 1 heterocycles. The topological polar surface area (TPSA) is 29.5 Å². The van der Waals surface area contributed by atoms with Crippen molar-refractivity contribution in [3.8, 4) is 5.75 Å². The second-order valence-corrected chi connectivity index (χ2v) is 5.50. The molecule has 0 bridgehead atoms. The zero-order chi connectivity index (χ0) is 15.5. The number of hydrogen-bond acceptors (Lipinski definition) is 2. The monoisotopic (exact) mass is 299 g/mol. The van der Waals surface area contributed by atoms with Gasteiger partial charge in [0.2, 0.25) is 0 Å². The molecule has 1 aliphatic rings. The molecule has 1 aliphatic heterocycles. The summed E-state index contributed by atoms with van der Waals surface area (Å²) in [6, 6.07) is 14.0. The molecular formula is C18H18FNO2. The van der Waals surface area contributed by atoms with Gasteiger partial charge in [0.15, 0.2) is 6.10 Å². The van der Waals surface area contributed by atoms with Gasteiger partial charge < -0.3 is 9.64 Å². The molecule has 2 aromatic rings. The van der Waals surface area contributed by atoms with Gasteiger partial charge in [0.25, 0.3) is 5.91 Å². The summed E-state index contributed by atoms with van der Waals surface area (Å²) in [5, 5.41) is 0. The Labute approximate surface area is 129 Å². The van der Waals surface area contributed by atoms with E-state index in [1.54, 1.807) is 24.0 Å².